The number of ether oxygens (including phenoxy) is 1. The summed E-state index contributed by atoms with van der Waals surface area (Å²) >= 11 is 0. The predicted octanol–water partition coefficient (Wildman–Crippen LogP) is 5.90. The molecule has 1 saturated carbocycles. The third-order valence-electron chi connectivity index (χ3n) is 6.36. The molecule has 2 fully saturated rings. The van der Waals surface area contributed by atoms with Crippen LogP contribution in [0.4, 0.5) is 30.2 Å². The fourth-order valence-corrected chi connectivity index (χ4v) is 4.44. The Balaban J connectivity index is 0.00000156. The summed E-state index contributed by atoms with van der Waals surface area (Å²) < 4.78 is 49.5. The molecule has 10 heteroatoms. The van der Waals surface area contributed by atoms with E-state index in [9.17, 15) is 13.2 Å². The molecule has 0 radical (unpaired) electrons. The first-order chi connectivity index (χ1) is 18.0. The number of methoxy groups -OCH3 is 1. The van der Waals surface area contributed by atoms with Gasteiger partial charge < -0.3 is 20.7 Å². The summed E-state index contributed by atoms with van der Waals surface area (Å²) in [6.07, 6.45) is 8.54. The van der Waals surface area contributed by atoms with Crippen molar-refractivity contribution < 1.29 is 17.9 Å². The molecule has 3 heterocycles. The number of hydrogen-bond donors (Lipinski definition) is 2. The quantitative estimate of drug-likeness (QED) is 0.428. The van der Waals surface area contributed by atoms with Crippen molar-refractivity contribution in [3.05, 3.63) is 65.4 Å². The molecule has 0 bridgehead atoms. The number of nitrogens with zero attached hydrogens (tertiary/aromatic N) is 4. The van der Waals surface area contributed by atoms with Crippen molar-refractivity contribution in [2.45, 2.75) is 32.1 Å². The summed E-state index contributed by atoms with van der Waals surface area (Å²) in [6, 6.07) is 5.17. The van der Waals surface area contributed by atoms with Crippen molar-refractivity contribution in [3.63, 3.8) is 0 Å². The van der Waals surface area contributed by atoms with E-state index >= 15 is 0 Å². The van der Waals surface area contributed by atoms with Gasteiger partial charge >= 0.3 is 0 Å². The third kappa shape index (κ3) is 5.31. The lowest BCUT2D eigenvalue weighted by molar-refractivity contribution is 0.385. The molecular formula is C27H27F3N6O. The molecule has 2 aliphatic rings. The van der Waals surface area contributed by atoms with Crippen LogP contribution in [-0.2, 0) is 0 Å². The largest absolute Gasteiger partial charge is 0.494 e. The van der Waals surface area contributed by atoms with Crippen LogP contribution in [0.25, 0.3) is 17.0 Å². The SMILES string of the molecule is C#N.COc1ccc(F)c(-c2nc(C(Nc3cnccc3N3CCCCC3)=C3CC3)c(N)cc2F)c1F. The summed E-state index contributed by atoms with van der Waals surface area (Å²) in [4.78, 5) is 10.9. The second-order valence-electron chi connectivity index (χ2n) is 8.74. The fraction of sp³-hybridized carbons (Fsp3) is 0.296. The lowest BCUT2D eigenvalue weighted by Crippen LogP contribution is -2.30. The van der Waals surface area contributed by atoms with Crippen LogP contribution in [-0.4, -0.2) is 30.2 Å². The number of hydrogen-bond acceptors (Lipinski definition) is 7. The van der Waals surface area contributed by atoms with Gasteiger partial charge in [-0.1, -0.05) is 0 Å². The summed E-state index contributed by atoms with van der Waals surface area (Å²) in [6.45, 7) is 5.39. The van der Waals surface area contributed by atoms with Crippen molar-refractivity contribution in [1.82, 2.24) is 9.97 Å². The van der Waals surface area contributed by atoms with Crippen LogP contribution < -0.4 is 20.7 Å². The van der Waals surface area contributed by atoms with Crippen LogP contribution >= 0.6 is 0 Å². The minimum atomic E-state index is -1.03. The molecule has 0 amide bonds. The Labute approximate surface area is 213 Å². The Hall–Kier alpha value is -4.26. The zero-order valence-electron chi connectivity index (χ0n) is 20.4. The molecular weight excluding hydrogens is 481 g/mol. The Morgan fingerprint density at radius 3 is 2.49 bits per heavy atom. The number of anilines is 3. The van der Waals surface area contributed by atoms with Gasteiger partial charge in [0.25, 0.3) is 0 Å². The number of piperidine rings is 1. The molecule has 3 aromatic rings. The monoisotopic (exact) mass is 508 g/mol. The molecule has 1 saturated heterocycles. The maximum absolute atomic E-state index is 15.0. The molecule has 37 heavy (non-hydrogen) atoms. The standard InChI is InChI=1S/C26H26F3N5O.CHN/c1-35-21-8-7-16(27)22(23(21)29)25-17(28)13-18(30)26(33-25)24(15-5-6-15)32-19-14-31-10-9-20(19)34-11-3-2-4-12-34;1-2/h7-10,13-14,32H,2-6,11-12,30H2,1H3;1H. The first-order valence-electron chi connectivity index (χ1n) is 11.9. The van der Waals surface area contributed by atoms with Crippen LogP contribution in [0, 0.1) is 29.3 Å². The molecule has 1 aromatic carbocycles. The topological polar surface area (TPSA) is 100 Å². The van der Waals surface area contributed by atoms with Crippen LogP contribution in [0.3, 0.4) is 0 Å². The van der Waals surface area contributed by atoms with Crippen molar-refractivity contribution in [2.75, 3.05) is 36.1 Å². The second kappa shape index (κ2) is 11.2. The zero-order valence-corrected chi connectivity index (χ0v) is 20.4. The van der Waals surface area contributed by atoms with Gasteiger partial charge in [-0.15, -0.1) is 0 Å². The average molecular weight is 509 g/mol. The van der Waals surface area contributed by atoms with Gasteiger partial charge in [-0.25, -0.2) is 23.4 Å². The van der Waals surface area contributed by atoms with Crippen LogP contribution in [0.5, 0.6) is 5.75 Å². The molecule has 3 N–H and O–H groups in total. The van der Waals surface area contributed by atoms with Crippen LogP contribution in [0.2, 0.25) is 0 Å². The van der Waals surface area contributed by atoms with Gasteiger partial charge in [0.05, 0.1) is 41.6 Å². The summed E-state index contributed by atoms with van der Waals surface area (Å²) in [5.41, 5.74) is 8.86. The molecule has 1 aliphatic heterocycles. The van der Waals surface area contributed by atoms with Gasteiger partial charge in [-0.3, -0.25) is 4.98 Å². The summed E-state index contributed by atoms with van der Waals surface area (Å²) in [7, 11) is 1.26. The first-order valence-corrected chi connectivity index (χ1v) is 11.9. The highest BCUT2D eigenvalue weighted by Crippen LogP contribution is 2.41. The van der Waals surface area contributed by atoms with Gasteiger partial charge in [0, 0.05) is 31.9 Å². The number of aromatic nitrogens is 2. The van der Waals surface area contributed by atoms with E-state index < -0.39 is 28.7 Å². The highest BCUT2D eigenvalue weighted by atomic mass is 19.1. The lowest BCUT2D eigenvalue weighted by atomic mass is 10.1. The van der Waals surface area contributed by atoms with Crippen LogP contribution in [0.1, 0.15) is 37.8 Å². The maximum Gasteiger partial charge on any atom is 0.177 e. The number of halogens is 3. The minimum absolute atomic E-state index is 0.0697. The fourth-order valence-electron chi connectivity index (χ4n) is 4.44. The number of allylic oxidation sites excluding steroid dienone is 1. The van der Waals surface area contributed by atoms with Gasteiger partial charge in [0.2, 0.25) is 0 Å². The van der Waals surface area contributed by atoms with Gasteiger partial charge in [0.1, 0.15) is 17.2 Å². The van der Waals surface area contributed by atoms with E-state index in [1.807, 2.05) is 6.07 Å². The van der Waals surface area contributed by atoms with Crippen molar-refractivity contribution in [1.29, 1.82) is 5.26 Å². The second-order valence-corrected chi connectivity index (χ2v) is 8.74. The highest BCUT2D eigenvalue weighted by molar-refractivity contribution is 5.88. The smallest absolute Gasteiger partial charge is 0.177 e. The number of pyridine rings is 2. The molecule has 0 atom stereocenters. The minimum Gasteiger partial charge on any atom is -0.494 e. The molecule has 192 valence electrons. The van der Waals surface area contributed by atoms with E-state index in [2.05, 4.69) is 26.8 Å². The normalized spacial score (nSPS) is 14.4. The van der Waals surface area contributed by atoms with Crippen molar-refractivity contribution >= 4 is 22.8 Å². The van der Waals surface area contributed by atoms with Gasteiger partial charge in [-0.05, 0) is 55.9 Å². The Morgan fingerprint density at radius 1 is 1.08 bits per heavy atom. The van der Waals surface area contributed by atoms with E-state index in [0.29, 0.717) is 5.70 Å². The number of nitrogens with two attached hydrogens (primary N) is 1. The molecule has 0 unspecified atom stereocenters. The number of benzene rings is 1. The lowest BCUT2D eigenvalue weighted by Gasteiger charge is -2.30. The summed E-state index contributed by atoms with van der Waals surface area (Å²) in [5, 5.41) is 9.91. The molecule has 2 aromatic heterocycles. The third-order valence-corrected chi connectivity index (χ3v) is 6.36. The van der Waals surface area contributed by atoms with Gasteiger partial charge in [-0.2, -0.15) is 0 Å². The first kappa shape index (κ1) is 25.8. The Bertz CT molecular complexity index is 1350. The highest BCUT2D eigenvalue weighted by Gasteiger charge is 2.27. The van der Waals surface area contributed by atoms with E-state index in [4.69, 9.17) is 15.7 Å². The molecule has 0 spiro atoms. The Morgan fingerprint density at radius 2 is 1.81 bits per heavy atom. The number of rotatable bonds is 6. The Kier molecular flexibility index (Phi) is 7.82. The van der Waals surface area contributed by atoms with Crippen molar-refractivity contribution in [2.24, 2.45) is 0 Å². The van der Waals surface area contributed by atoms with Gasteiger partial charge in [0.15, 0.2) is 17.4 Å². The van der Waals surface area contributed by atoms with Crippen molar-refractivity contribution in [3.8, 4) is 23.6 Å². The number of nitrogen functional groups attached to an aromatic ring is 1. The predicted molar refractivity (Wildman–Crippen MR) is 137 cm³/mol. The number of nitrogens with one attached hydrogen (secondary N) is 1. The average Bonchev–Trinajstić information content (AvgIpc) is 3.76. The van der Waals surface area contributed by atoms with E-state index in [-0.39, 0.29) is 17.1 Å². The van der Waals surface area contributed by atoms with Crippen LogP contribution in [0.15, 0.2) is 42.2 Å². The van der Waals surface area contributed by atoms with E-state index in [1.54, 1.807) is 12.4 Å². The number of nitriles is 1. The maximum atomic E-state index is 15.0. The molecule has 1 aliphatic carbocycles. The zero-order chi connectivity index (χ0) is 26.5. The summed E-state index contributed by atoms with van der Waals surface area (Å²) in [5.74, 6) is -3.10. The molecule has 5 rings (SSSR count). The molecule has 7 nitrogen and oxygen atoms in total. The van der Waals surface area contributed by atoms with E-state index in [1.165, 1.54) is 13.5 Å². The van der Waals surface area contributed by atoms with E-state index in [0.717, 1.165) is 73.9 Å².